The molecule has 15 nitrogen and oxygen atoms in total. The lowest BCUT2D eigenvalue weighted by molar-refractivity contribution is -0.311. The first-order chi connectivity index (χ1) is 30.9. The van der Waals surface area contributed by atoms with Gasteiger partial charge in [-0.2, -0.15) is 0 Å². The fourth-order valence-electron chi connectivity index (χ4n) is 11.0. The van der Waals surface area contributed by atoms with Crippen LogP contribution in [0.25, 0.3) is 0 Å². The van der Waals surface area contributed by atoms with Crippen molar-refractivity contribution in [1.29, 1.82) is 0 Å². The monoisotopic (exact) mass is 914 g/mol. The fraction of sp³-hybridized carbons (Fsp3) is 0.760. The molecule has 4 fully saturated rings. The molecule has 6 heterocycles. The molecule has 0 aromatic heterocycles. The van der Waals surface area contributed by atoms with Gasteiger partial charge in [0.1, 0.15) is 35.9 Å². The summed E-state index contributed by atoms with van der Waals surface area (Å²) in [6.45, 7) is 17.7. The van der Waals surface area contributed by atoms with Crippen LogP contribution in [0.2, 0.25) is 0 Å². The van der Waals surface area contributed by atoms with Crippen LogP contribution in [0.1, 0.15) is 101 Å². The van der Waals surface area contributed by atoms with Gasteiger partial charge in [0.2, 0.25) is 5.91 Å². The summed E-state index contributed by atoms with van der Waals surface area (Å²) in [6, 6.07) is -0.315. The second-order valence-corrected chi connectivity index (χ2v) is 19.7. The molecule has 0 aromatic rings. The molecule has 1 aliphatic carbocycles. The number of hydrogen-bond donors (Lipinski definition) is 3. The number of nitrogens with one attached hydrogen (secondary N) is 1. The molecule has 0 aromatic carbocycles. The van der Waals surface area contributed by atoms with Gasteiger partial charge in [-0.1, -0.05) is 70.6 Å². The highest BCUT2D eigenvalue weighted by molar-refractivity contribution is 5.78. The van der Waals surface area contributed by atoms with Gasteiger partial charge in [0.15, 0.2) is 18.4 Å². The number of fused-ring (bicyclic) bond motifs is 2. The molecule has 15 heteroatoms. The Labute approximate surface area is 385 Å². The van der Waals surface area contributed by atoms with E-state index in [0.29, 0.717) is 36.8 Å². The predicted octanol–water partition coefficient (Wildman–Crippen LogP) is 5.52. The quantitative estimate of drug-likeness (QED) is 0.195. The normalized spacial score (nSPS) is 47.3. The number of esters is 1. The smallest absolute Gasteiger partial charge is 0.316 e. The van der Waals surface area contributed by atoms with E-state index in [1.165, 1.54) is 6.92 Å². The van der Waals surface area contributed by atoms with Crippen LogP contribution in [-0.2, 0) is 57.0 Å². The van der Waals surface area contributed by atoms with Crippen molar-refractivity contribution in [3.63, 3.8) is 0 Å². The van der Waals surface area contributed by atoms with Gasteiger partial charge in [-0.25, -0.2) is 0 Å². The molecule has 1 amide bonds. The van der Waals surface area contributed by atoms with Gasteiger partial charge < -0.3 is 62.9 Å². The highest BCUT2D eigenvalue weighted by atomic mass is 16.7. The SMILES string of the molecule is CCC(C)[C@H]1O[C@]2(C=C[C@@H]1C)C[C@@H]1C[C@@H](C/C=C(\C)[C@@H](O[C@H]3C[C@H](OC)[C@@H](O[C@H]4C[C@@H](OC)[C@@H](NC(C)=O)[C@H](C)O4)[C@H](C)O3)[C@@H](C)/C=C/C=C3\CO[C@@H]4[C@H](O)C(C)=C[C@@H](C(=O)O1)[C@]34O)O2. The number of rotatable bonds is 9. The molecule has 0 saturated carbocycles. The topological polar surface area (TPSA) is 179 Å². The van der Waals surface area contributed by atoms with Crippen molar-refractivity contribution in [3.05, 3.63) is 59.3 Å². The molecule has 6 aliphatic heterocycles. The van der Waals surface area contributed by atoms with Gasteiger partial charge in [0, 0.05) is 58.7 Å². The zero-order valence-corrected chi connectivity index (χ0v) is 40.2. The molecule has 4 saturated heterocycles. The van der Waals surface area contributed by atoms with Crippen LogP contribution in [0.3, 0.4) is 0 Å². The number of carbonyl (C=O) groups excluding carboxylic acids is 2. The maximum absolute atomic E-state index is 14.4. The molecular formula is C50H75NO14. The second-order valence-electron chi connectivity index (χ2n) is 19.7. The van der Waals surface area contributed by atoms with Crippen LogP contribution < -0.4 is 5.32 Å². The van der Waals surface area contributed by atoms with Crippen molar-refractivity contribution < 1.29 is 67.2 Å². The van der Waals surface area contributed by atoms with Crippen molar-refractivity contribution in [2.75, 3.05) is 20.8 Å². The van der Waals surface area contributed by atoms with Crippen molar-refractivity contribution >= 4 is 11.9 Å². The van der Waals surface area contributed by atoms with Crippen molar-refractivity contribution in [2.24, 2.45) is 23.7 Å². The predicted molar refractivity (Wildman–Crippen MR) is 239 cm³/mol. The van der Waals surface area contributed by atoms with Crippen LogP contribution in [0.4, 0.5) is 0 Å². The average molecular weight is 914 g/mol. The first kappa shape index (κ1) is 50.1. The van der Waals surface area contributed by atoms with Crippen LogP contribution in [0.15, 0.2) is 59.3 Å². The Morgan fingerprint density at radius 3 is 2.35 bits per heavy atom. The Balaban J connectivity index is 1.16. The minimum absolute atomic E-state index is 0.0270. The van der Waals surface area contributed by atoms with Crippen LogP contribution in [-0.4, -0.2) is 140 Å². The van der Waals surface area contributed by atoms with Crippen LogP contribution in [0, 0.1) is 23.7 Å². The summed E-state index contributed by atoms with van der Waals surface area (Å²) in [5, 5.41) is 26.7. The molecule has 7 aliphatic rings. The minimum atomic E-state index is -1.84. The third kappa shape index (κ3) is 10.6. The molecular weight excluding hydrogens is 839 g/mol. The number of aliphatic hydroxyl groups is 2. The summed E-state index contributed by atoms with van der Waals surface area (Å²) < 4.78 is 64.4. The molecule has 2 bridgehead atoms. The zero-order chi connectivity index (χ0) is 47.0. The first-order valence-corrected chi connectivity index (χ1v) is 23.8. The van der Waals surface area contributed by atoms with Crippen LogP contribution >= 0.6 is 0 Å². The number of aliphatic hydroxyl groups excluding tert-OH is 1. The van der Waals surface area contributed by atoms with E-state index in [4.69, 9.17) is 47.4 Å². The van der Waals surface area contributed by atoms with Gasteiger partial charge in [-0.3, -0.25) is 9.59 Å². The number of allylic oxidation sites excluding steroid dienone is 2. The Morgan fingerprint density at radius 1 is 0.938 bits per heavy atom. The van der Waals surface area contributed by atoms with Gasteiger partial charge in [-0.05, 0) is 62.8 Å². The number of methoxy groups -OCH3 is 2. The highest BCUT2D eigenvalue weighted by Gasteiger charge is 2.60. The number of ether oxygens (including phenoxy) is 10. The van der Waals surface area contributed by atoms with Gasteiger partial charge >= 0.3 is 5.97 Å². The average Bonchev–Trinajstić information content (AvgIpc) is 3.61. The number of hydrogen-bond acceptors (Lipinski definition) is 14. The second kappa shape index (κ2) is 20.8. The largest absolute Gasteiger partial charge is 0.462 e. The lowest BCUT2D eigenvalue weighted by Gasteiger charge is -2.48. The molecule has 7 rings (SSSR count). The number of carbonyl (C=O) groups is 2. The van der Waals surface area contributed by atoms with Crippen molar-refractivity contribution in [1.82, 2.24) is 5.32 Å². The van der Waals surface area contributed by atoms with E-state index in [0.717, 1.165) is 12.0 Å². The van der Waals surface area contributed by atoms with Crippen molar-refractivity contribution in [2.45, 2.75) is 198 Å². The molecule has 20 atom stereocenters. The highest BCUT2D eigenvalue weighted by Crippen LogP contribution is 2.47. The summed E-state index contributed by atoms with van der Waals surface area (Å²) in [4.78, 5) is 26.3. The lowest BCUT2D eigenvalue weighted by atomic mass is 9.71. The molecule has 3 N–H and O–H groups in total. The lowest BCUT2D eigenvalue weighted by Crippen LogP contribution is -2.58. The zero-order valence-electron chi connectivity index (χ0n) is 40.2. The third-order valence-corrected chi connectivity index (χ3v) is 14.9. The molecule has 364 valence electrons. The molecule has 1 spiro atoms. The van der Waals surface area contributed by atoms with E-state index < -0.39 is 84.7 Å². The summed E-state index contributed by atoms with van der Waals surface area (Å²) in [5.74, 6) is -2.75. The van der Waals surface area contributed by atoms with E-state index in [1.807, 2.05) is 39.0 Å². The van der Waals surface area contributed by atoms with E-state index in [2.05, 4.69) is 45.2 Å². The van der Waals surface area contributed by atoms with Gasteiger partial charge in [0.05, 0.1) is 55.4 Å². The maximum Gasteiger partial charge on any atom is 0.316 e. The van der Waals surface area contributed by atoms with Gasteiger partial charge in [0.25, 0.3) is 0 Å². The van der Waals surface area contributed by atoms with E-state index in [1.54, 1.807) is 33.3 Å². The third-order valence-electron chi connectivity index (χ3n) is 14.9. The van der Waals surface area contributed by atoms with E-state index in [-0.39, 0.29) is 61.0 Å². The Morgan fingerprint density at radius 2 is 1.65 bits per heavy atom. The molecule has 0 radical (unpaired) electrons. The maximum atomic E-state index is 14.4. The molecule has 65 heavy (non-hydrogen) atoms. The standard InChI is InChI=1S/C50H75NO14/c1-12-26(2)45-29(5)18-19-49(65-45)24-36-21-35(64-49)17-16-28(4)44(27(3)14-13-15-34-25-58-47-43(53)30(6)20-37(48(54)61-36)50(34,47)55)62-41-23-39(57-11)46(32(8)60-41)63-40-22-38(56-10)42(31(7)59-40)51-33(9)52/h13-16,18-20,26-27,29,31-32,35-47,53,55H,12,17,21-25H2,1-11H3,(H,51,52)/b14-13+,28-16+,34-15+/t26?,27-,29-,31-,32-,35+,36-,37-,38+,39-,40-,41-,42-,43+,44-,45+,46-,47+,49+,50+/m0/s1. The Kier molecular flexibility index (Phi) is 16.0. The van der Waals surface area contributed by atoms with Crippen LogP contribution in [0.5, 0.6) is 0 Å². The summed E-state index contributed by atoms with van der Waals surface area (Å²) >= 11 is 0. The van der Waals surface area contributed by atoms with E-state index in [9.17, 15) is 19.8 Å². The summed E-state index contributed by atoms with van der Waals surface area (Å²) in [6.07, 6.45) is 9.46. The van der Waals surface area contributed by atoms with Crippen molar-refractivity contribution in [3.8, 4) is 0 Å². The first-order valence-electron chi connectivity index (χ1n) is 23.8. The minimum Gasteiger partial charge on any atom is -0.462 e. The summed E-state index contributed by atoms with van der Waals surface area (Å²) in [5.41, 5.74) is 0.116. The molecule has 1 unspecified atom stereocenters. The Hall–Kier alpha value is -2.80. The summed E-state index contributed by atoms with van der Waals surface area (Å²) in [7, 11) is 3.27. The fourth-order valence-corrected chi connectivity index (χ4v) is 11.0. The number of amides is 1. The Bertz CT molecular complexity index is 1850. The van der Waals surface area contributed by atoms with E-state index >= 15 is 0 Å². The van der Waals surface area contributed by atoms with Gasteiger partial charge in [-0.15, -0.1) is 0 Å².